The van der Waals surface area contributed by atoms with Crippen molar-refractivity contribution in [2.75, 3.05) is 18.4 Å². The molecule has 0 atom stereocenters. The molecule has 1 aliphatic rings. The first-order valence-electron chi connectivity index (χ1n) is 7.41. The van der Waals surface area contributed by atoms with Gasteiger partial charge in [0.05, 0.1) is 0 Å². The minimum Gasteiger partial charge on any atom is -0.385 e. The minimum absolute atomic E-state index is 0.00353. The molecular weight excluding hydrogens is 236 g/mol. The number of carbonyl (C=O) groups is 1. The molecular formula is C16H24N2O. The number of nitrogens with one attached hydrogen (secondary N) is 2. The van der Waals surface area contributed by atoms with E-state index in [1.54, 1.807) is 0 Å². The summed E-state index contributed by atoms with van der Waals surface area (Å²) >= 11 is 0. The Hall–Kier alpha value is -1.51. The molecule has 104 valence electrons. The molecule has 2 rings (SSSR count). The van der Waals surface area contributed by atoms with Crippen LogP contribution in [0.2, 0.25) is 0 Å². The second kappa shape index (κ2) is 7.17. The van der Waals surface area contributed by atoms with E-state index < -0.39 is 0 Å². The van der Waals surface area contributed by atoms with Crippen molar-refractivity contribution in [1.29, 1.82) is 0 Å². The van der Waals surface area contributed by atoms with Gasteiger partial charge in [0.2, 0.25) is 0 Å². The Labute approximate surface area is 115 Å². The minimum atomic E-state index is 0.00353. The summed E-state index contributed by atoms with van der Waals surface area (Å²) in [5.74, 6) is 0.797. The molecule has 0 unspecified atom stereocenters. The third kappa shape index (κ3) is 4.27. The molecule has 0 spiro atoms. The molecule has 0 radical (unpaired) electrons. The highest BCUT2D eigenvalue weighted by Gasteiger charge is 2.13. The Morgan fingerprint density at radius 1 is 1.26 bits per heavy atom. The van der Waals surface area contributed by atoms with Crippen LogP contribution in [0.4, 0.5) is 5.69 Å². The van der Waals surface area contributed by atoms with Crippen molar-refractivity contribution in [3.8, 4) is 0 Å². The SMILES string of the molecule is CCNC(=O)c1cccc(NCC2CCCCC2)c1. The summed E-state index contributed by atoms with van der Waals surface area (Å²) in [7, 11) is 0. The Morgan fingerprint density at radius 2 is 2.05 bits per heavy atom. The molecule has 1 aliphatic carbocycles. The largest absolute Gasteiger partial charge is 0.385 e. The van der Waals surface area contributed by atoms with E-state index in [0.717, 1.165) is 23.7 Å². The highest BCUT2D eigenvalue weighted by molar-refractivity contribution is 5.95. The van der Waals surface area contributed by atoms with E-state index in [-0.39, 0.29) is 5.91 Å². The molecule has 3 heteroatoms. The van der Waals surface area contributed by atoms with Crippen LogP contribution in [-0.4, -0.2) is 19.0 Å². The van der Waals surface area contributed by atoms with Gasteiger partial charge in [-0.15, -0.1) is 0 Å². The smallest absolute Gasteiger partial charge is 0.251 e. The van der Waals surface area contributed by atoms with E-state index in [1.165, 1.54) is 32.1 Å². The summed E-state index contributed by atoms with van der Waals surface area (Å²) in [6.45, 7) is 3.63. The van der Waals surface area contributed by atoms with Crippen molar-refractivity contribution < 1.29 is 4.79 Å². The molecule has 1 fully saturated rings. The second-order valence-electron chi connectivity index (χ2n) is 5.33. The van der Waals surface area contributed by atoms with Crippen molar-refractivity contribution in [1.82, 2.24) is 5.32 Å². The van der Waals surface area contributed by atoms with Crippen LogP contribution < -0.4 is 10.6 Å². The van der Waals surface area contributed by atoms with Crippen molar-refractivity contribution in [3.05, 3.63) is 29.8 Å². The molecule has 1 amide bonds. The van der Waals surface area contributed by atoms with Gasteiger partial charge in [0.15, 0.2) is 0 Å². The van der Waals surface area contributed by atoms with Gasteiger partial charge >= 0.3 is 0 Å². The maximum absolute atomic E-state index is 11.8. The lowest BCUT2D eigenvalue weighted by Crippen LogP contribution is -2.23. The number of anilines is 1. The van der Waals surface area contributed by atoms with Crippen LogP contribution >= 0.6 is 0 Å². The van der Waals surface area contributed by atoms with Crippen molar-refractivity contribution in [2.45, 2.75) is 39.0 Å². The highest BCUT2D eigenvalue weighted by atomic mass is 16.1. The lowest BCUT2D eigenvalue weighted by Gasteiger charge is -2.22. The monoisotopic (exact) mass is 260 g/mol. The second-order valence-corrected chi connectivity index (χ2v) is 5.33. The molecule has 1 aromatic rings. The van der Waals surface area contributed by atoms with Gasteiger partial charge in [0.25, 0.3) is 5.91 Å². The van der Waals surface area contributed by atoms with Gasteiger partial charge < -0.3 is 10.6 Å². The van der Waals surface area contributed by atoms with Crippen LogP contribution in [-0.2, 0) is 0 Å². The van der Waals surface area contributed by atoms with E-state index in [0.29, 0.717) is 6.54 Å². The van der Waals surface area contributed by atoms with Crippen LogP contribution in [0.1, 0.15) is 49.4 Å². The van der Waals surface area contributed by atoms with E-state index >= 15 is 0 Å². The van der Waals surface area contributed by atoms with Gasteiger partial charge in [0.1, 0.15) is 0 Å². The van der Waals surface area contributed by atoms with Crippen molar-refractivity contribution in [3.63, 3.8) is 0 Å². The molecule has 0 aromatic heterocycles. The lowest BCUT2D eigenvalue weighted by atomic mass is 9.89. The fourth-order valence-electron chi connectivity index (χ4n) is 2.69. The van der Waals surface area contributed by atoms with Gasteiger partial charge in [0, 0.05) is 24.3 Å². The Morgan fingerprint density at radius 3 is 2.79 bits per heavy atom. The van der Waals surface area contributed by atoms with Gasteiger partial charge in [-0.05, 0) is 43.9 Å². The zero-order valence-corrected chi connectivity index (χ0v) is 11.7. The molecule has 1 saturated carbocycles. The number of carbonyl (C=O) groups excluding carboxylic acids is 1. The van der Waals surface area contributed by atoms with Crippen LogP contribution in [0.15, 0.2) is 24.3 Å². The molecule has 2 N–H and O–H groups in total. The summed E-state index contributed by atoms with van der Waals surface area (Å²) in [5.41, 5.74) is 1.78. The maximum atomic E-state index is 11.8. The number of hydrogen-bond donors (Lipinski definition) is 2. The highest BCUT2D eigenvalue weighted by Crippen LogP contribution is 2.24. The summed E-state index contributed by atoms with van der Waals surface area (Å²) in [5, 5.41) is 6.30. The molecule has 0 bridgehead atoms. The zero-order valence-electron chi connectivity index (χ0n) is 11.7. The summed E-state index contributed by atoms with van der Waals surface area (Å²) in [4.78, 5) is 11.8. The lowest BCUT2D eigenvalue weighted by molar-refractivity contribution is 0.0956. The summed E-state index contributed by atoms with van der Waals surface area (Å²) in [6.07, 6.45) is 6.80. The predicted molar refractivity (Wildman–Crippen MR) is 79.5 cm³/mol. The van der Waals surface area contributed by atoms with Gasteiger partial charge in [-0.3, -0.25) is 4.79 Å². The number of hydrogen-bond acceptors (Lipinski definition) is 2. The van der Waals surface area contributed by atoms with E-state index in [4.69, 9.17) is 0 Å². The first kappa shape index (κ1) is 13.9. The maximum Gasteiger partial charge on any atom is 0.251 e. The van der Waals surface area contributed by atoms with Crippen LogP contribution in [0, 0.1) is 5.92 Å². The van der Waals surface area contributed by atoms with Crippen LogP contribution in [0.25, 0.3) is 0 Å². The molecule has 0 heterocycles. The molecule has 0 saturated heterocycles. The Balaban J connectivity index is 1.89. The first-order valence-corrected chi connectivity index (χ1v) is 7.41. The average Bonchev–Trinajstić information content (AvgIpc) is 2.47. The fraction of sp³-hybridized carbons (Fsp3) is 0.562. The van der Waals surface area contributed by atoms with Gasteiger partial charge in [-0.2, -0.15) is 0 Å². The molecule has 1 aromatic carbocycles. The molecule has 19 heavy (non-hydrogen) atoms. The van der Waals surface area contributed by atoms with Crippen molar-refractivity contribution >= 4 is 11.6 Å². The Bertz CT molecular complexity index is 411. The topological polar surface area (TPSA) is 41.1 Å². The van der Waals surface area contributed by atoms with Gasteiger partial charge in [-0.1, -0.05) is 25.3 Å². The summed E-state index contributed by atoms with van der Waals surface area (Å²) < 4.78 is 0. The van der Waals surface area contributed by atoms with E-state index in [9.17, 15) is 4.79 Å². The van der Waals surface area contributed by atoms with Crippen LogP contribution in [0.3, 0.4) is 0 Å². The van der Waals surface area contributed by atoms with Crippen LogP contribution in [0.5, 0.6) is 0 Å². The van der Waals surface area contributed by atoms with E-state index in [1.807, 2.05) is 31.2 Å². The fourth-order valence-corrected chi connectivity index (χ4v) is 2.69. The zero-order chi connectivity index (χ0) is 13.5. The number of amides is 1. The molecule has 0 aliphatic heterocycles. The predicted octanol–water partition coefficient (Wildman–Crippen LogP) is 3.43. The Kier molecular flexibility index (Phi) is 5.25. The summed E-state index contributed by atoms with van der Waals surface area (Å²) in [6, 6.07) is 7.77. The normalized spacial score (nSPS) is 16.1. The van der Waals surface area contributed by atoms with Gasteiger partial charge in [-0.25, -0.2) is 0 Å². The number of benzene rings is 1. The molecule has 3 nitrogen and oxygen atoms in total. The first-order chi connectivity index (χ1) is 9.29. The van der Waals surface area contributed by atoms with E-state index in [2.05, 4.69) is 10.6 Å². The third-order valence-electron chi connectivity index (χ3n) is 3.78. The number of rotatable bonds is 5. The standard InChI is InChI=1S/C16H24N2O/c1-2-17-16(19)14-9-6-10-15(11-14)18-12-13-7-4-3-5-8-13/h6,9-11,13,18H,2-5,7-8,12H2,1H3,(H,17,19). The van der Waals surface area contributed by atoms with Crippen molar-refractivity contribution in [2.24, 2.45) is 5.92 Å². The third-order valence-corrected chi connectivity index (χ3v) is 3.78. The average molecular weight is 260 g/mol. The quantitative estimate of drug-likeness (QED) is 0.851.